The highest BCUT2D eigenvalue weighted by Gasteiger charge is 2.49. The molecule has 0 aromatic heterocycles. The fraction of sp³-hybridized carbons (Fsp3) is 0.857. The summed E-state index contributed by atoms with van der Waals surface area (Å²) in [5, 5.41) is 40.8. The van der Waals surface area contributed by atoms with Crippen LogP contribution in [0.15, 0.2) is 9.98 Å². The van der Waals surface area contributed by atoms with Crippen LogP contribution in [-0.4, -0.2) is 99.9 Å². The Morgan fingerprint density at radius 1 is 0.929 bits per heavy atom. The van der Waals surface area contributed by atoms with Crippen LogP contribution in [0, 0.1) is 0 Å². The SMILES string of the molecule is NC(N)=NC[C@H]1O[C@H](O[C@@H]2[C@@H](O)[C@H](O)[C@@H](N)C[C@H]2N=C(N)N)[C@H](N)[C@@H](O)[C@@H]1O. The topological polar surface area (TPSA) is 280 Å². The van der Waals surface area contributed by atoms with Crippen molar-refractivity contribution in [3.63, 3.8) is 0 Å². The van der Waals surface area contributed by atoms with Crippen molar-refractivity contribution in [2.45, 2.75) is 67.5 Å². The van der Waals surface area contributed by atoms with E-state index < -0.39 is 61.0 Å². The summed E-state index contributed by atoms with van der Waals surface area (Å²) in [6.45, 7) is -0.162. The molecular formula is C14H30N8O6. The van der Waals surface area contributed by atoms with Gasteiger partial charge in [0.1, 0.15) is 30.5 Å². The van der Waals surface area contributed by atoms with E-state index in [0.29, 0.717) is 0 Å². The van der Waals surface area contributed by atoms with Crippen LogP contribution >= 0.6 is 0 Å². The van der Waals surface area contributed by atoms with E-state index in [-0.39, 0.29) is 24.9 Å². The highest BCUT2D eigenvalue weighted by Crippen LogP contribution is 2.29. The summed E-state index contributed by atoms with van der Waals surface area (Å²) in [5.74, 6) is -0.491. The molecule has 0 unspecified atom stereocenters. The van der Waals surface area contributed by atoms with Gasteiger partial charge >= 0.3 is 0 Å². The van der Waals surface area contributed by atoms with Crippen LogP contribution in [0.3, 0.4) is 0 Å². The van der Waals surface area contributed by atoms with E-state index in [1.165, 1.54) is 0 Å². The highest BCUT2D eigenvalue weighted by atomic mass is 16.7. The van der Waals surface area contributed by atoms with E-state index in [0.717, 1.165) is 0 Å². The number of aliphatic imine (C=N–C) groups is 2. The molecule has 1 saturated heterocycles. The molecule has 10 atom stereocenters. The average Bonchev–Trinajstić information content (AvgIpc) is 2.61. The molecule has 2 aliphatic rings. The zero-order valence-electron chi connectivity index (χ0n) is 15.2. The lowest BCUT2D eigenvalue weighted by Gasteiger charge is -2.45. The molecule has 1 aliphatic carbocycles. The fourth-order valence-electron chi connectivity index (χ4n) is 3.29. The molecule has 28 heavy (non-hydrogen) atoms. The van der Waals surface area contributed by atoms with Crippen LogP contribution in [0.5, 0.6) is 0 Å². The monoisotopic (exact) mass is 406 g/mol. The molecule has 2 rings (SSSR count). The van der Waals surface area contributed by atoms with Crippen molar-refractivity contribution in [2.75, 3.05) is 6.54 Å². The van der Waals surface area contributed by atoms with Gasteiger partial charge in [-0.05, 0) is 6.42 Å². The summed E-state index contributed by atoms with van der Waals surface area (Å²) in [7, 11) is 0. The van der Waals surface area contributed by atoms with Crippen molar-refractivity contribution in [3.8, 4) is 0 Å². The molecule has 0 amide bonds. The van der Waals surface area contributed by atoms with Crippen LogP contribution in [0.2, 0.25) is 0 Å². The Hall–Kier alpha value is -1.78. The molecule has 1 saturated carbocycles. The number of nitrogens with two attached hydrogens (primary N) is 6. The quantitative estimate of drug-likeness (QED) is 0.151. The van der Waals surface area contributed by atoms with Gasteiger partial charge in [-0.25, -0.2) is 4.99 Å². The van der Waals surface area contributed by atoms with Crippen molar-refractivity contribution >= 4 is 11.9 Å². The summed E-state index contributed by atoms with van der Waals surface area (Å²) in [4.78, 5) is 7.74. The number of hydrogen-bond acceptors (Lipinski definition) is 10. The van der Waals surface area contributed by atoms with E-state index >= 15 is 0 Å². The Morgan fingerprint density at radius 2 is 1.57 bits per heavy atom. The maximum Gasteiger partial charge on any atom is 0.186 e. The van der Waals surface area contributed by atoms with Crippen LogP contribution < -0.4 is 34.4 Å². The Bertz CT molecular complexity index is 586. The molecule has 14 nitrogen and oxygen atoms in total. The molecule has 0 spiro atoms. The highest BCUT2D eigenvalue weighted by molar-refractivity contribution is 5.76. The molecule has 0 bridgehead atoms. The third-order valence-corrected chi connectivity index (χ3v) is 4.83. The predicted molar refractivity (Wildman–Crippen MR) is 98.4 cm³/mol. The summed E-state index contributed by atoms with van der Waals surface area (Å²) in [5.41, 5.74) is 33.1. The minimum Gasteiger partial charge on any atom is -0.389 e. The van der Waals surface area contributed by atoms with Gasteiger partial charge in [-0.1, -0.05) is 0 Å². The minimum absolute atomic E-state index is 0.116. The number of guanidine groups is 2. The van der Waals surface area contributed by atoms with Crippen molar-refractivity contribution in [1.29, 1.82) is 0 Å². The summed E-state index contributed by atoms with van der Waals surface area (Å²) < 4.78 is 11.3. The van der Waals surface area contributed by atoms with Gasteiger partial charge in [0.05, 0.1) is 24.7 Å². The number of rotatable bonds is 5. The van der Waals surface area contributed by atoms with Gasteiger partial charge in [-0.3, -0.25) is 4.99 Å². The summed E-state index contributed by atoms with van der Waals surface area (Å²) in [6, 6.07) is -2.76. The second-order valence-electron chi connectivity index (χ2n) is 6.97. The Kier molecular flexibility index (Phi) is 7.35. The summed E-state index contributed by atoms with van der Waals surface area (Å²) in [6.07, 6.45) is -8.89. The van der Waals surface area contributed by atoms with Crippen molar-refractivity contribution < 1.29 is 29.9 Å². The first-order valence-electron chi connectivity index (χ1n) is 8.71. The second kappa shape index (κ2) is 9.15. The average molecular weight is 406 g/mol. The van der Waals surface area contributed by atoms with Gasteiger partial charge < -0.3 is 64.3 Å². The van der Waals surface area contributed by atoms with Gasteiger partial charge in [0, 0.05) is 6.04 Å². The molecule has 16 N–H and O–H groups in total. The summed E-state index contributed by atoms with van der Waals surface area (Å²) >= 11 is 0. The van der Waals surface area contributed by atoms with E-state index in [9.17, 15) is 20.4 Å². The van der Waals surface area contributed by atoms with E-state index in [1.807, 2.05) is 0 Å². The Labute approximate surface area is 161 Å². The zero-order chi connectivity index (χ0) is 21.2. The maximum absolute atomic E-state index is 10.4. The molecule has 0 aromatic carbocycles. The first-order valence-corrected chi connectivity index (χ1v) is 8.71. The molecule has 1 aliphatic heterocycles. The van der Waals surface area contributed by atoms with Crippen molar-refractivity contribution in [1.82, 2.24) is 0 Å². The first-order chi connectivity index (χ1) is 13.0. The molecular weight excluding hydrogens is 376 g/mol. The molecule has 0 aromatic rings. The smallest absolute Gasteiger partial charge is 0.186 e. The number of nitrogens with zero attached hydrogens (tertiary/aromatic N) is 2. The van der Waals surface area contributed by atoms with Gasteiger partial charge in [0.2, 0.25) is 0 Å². The standard InChI is InChI=1S/C14H30N8O6/c15-3-1-4(22-14(19)20)11(10(26)7(3)23)28-12-6(16)9(25)8(24)5(27-12)2-21-13(17)18/h3-12,23-26H,1-2,15-16H2,(H4,17,18,21)(H4,19,20,22)/t3-,4+,5+,6+,7+,8+,9+,10-,11-,12+/m0/s1. The first kappa shape index (κ1) is 22.5. The van der Waals surface area contributed by atoms with Gasteiger partial charge in [0.15, 0.2) is 18.2 Å². The largest absolute Gasteiger partial charge is 0.389 e. The normalized spacial score (nSPS) is 43.9. The molecule has 162 valence electrons. The van der Waals surface area contributed by atoms with Crippen molar-refractivity contribution in [2.24, 2.45) is 44.4 Å². The van der Waals surface area contributed by atoms with Gasteiger partial charge in [-0.15, -0.1) is 0 Å². The lowest BCUT2D eigenvalue weighted by molar-refractivity contribution is -0.287. The number of aliphatic hydroxyl groups is 4. The minimum atomic E-state index is -1.45. The number of aliphatic hydroxyl groups excluding tert-OH is 4. The molecule has 1 heterocycles. The Morgan fingerprint density at radius 3 is 2.14 bits per heavy atom. The van der Waals surface area contributed by atoms with E-state index in [2.05, 4.69) is 9.98 Å². The fourth-order valence-corrected chi connectivity index (χ4v) is 3.29. The number of hydrogen-bond donors (Lipinski definition) is 10. The lowest BCUT2D eigenvalue weighted by Crippen LogP contribution is -2.66. The predicted octanol–water partition coefficient (Wildman–Crippen LogP) is -6.49. The third kappa shape index (κ3) is 4.98. The van der Waals surface area contributed by atoms with E-state index in [4.69, 9.17) is 43.9 Å². The van der Waals surface area contributed by atoms with Crippen LogP contribution in [0.4, 0.5) is 0 Å². The van der Waals surface area contributed by atoms with Gasteiger partial charge in [0.25, 0.3) is 0 Å². The molecule has 14 heteroatoms. The van der Waals surface area contributed by atoms with Crippen LogP contribution in [-0.2, 0) is 9.47 Å². The van der Waals surface area contributed by atoms with Crippen LogP contribution in [0.25, 0.3) is 0 Å². The second-order valence-corrected chi connectivity index (χ2v) is 6.97. The van der Waals surface area contributed by atoms with E-state index in [1.54, 1.807) is 0 Å². The molecule has 0 radical (unpaired) electrons. The van der Waals surface area contributed by atoms with Crippen LogP contribution in [0.1, 0.15) is 6.42 Å². The van der Waals surface area contributed by atoms with Crippen molar-refractivity contribution in [3.05, 3.63) is 0 Å². The number of ether oxygens (including phenoxy) is 2. The Balaban J connectivity index is 2.21. The lowest BCUT2D eigenvalue weighted by atomic mass is 9.84. The zero-order valence-corrected chi connectivity index (χ0v) is 15.2. The molecule has 2 fully saturated rings. The van der Waals surface area contributed by atoms with Gasteiger partial charge in [-0.2, -0.15) is 0 Å². The third-order valence-electron chi connectivity index (χ3n) is 4.83. The maximum atomic E-state index is 10.4.